The number of imidazole rings is 1. The molecule has 0 radical (unpaired) electrons. The van der Waals surface area contributed by atoms with Gasteiger partial charge in [-0.3, -0.25) is 29.4 Å². The van der Waals surface area contributed by atoms with Crippen LogP contribution in [-0.4, -0.2) is 55.2 Å². The first kappa shape index (κ1) is 25.6. The van der Waals surface area contributed by atoms with Crippen LogP contribution in [0.5, 0.6) is 5.75 Å². The van der Waals surface area contributed by atoms with Crippen LogP contribution in [0.15, 0.2) is 48.7 Å². The van der Waals surface area contributed by atoms with Crippen LogP contribution in [0.2, 0.25) is 0 Å². The van der Waals surface area contributed by atoms with Gasteiger partial charge in [0, 0.05) is 30.9 Å². The molecule has 0 unspecified atom stereocenters. The number of pyridine rings is 1. The maximum atomic E-state index is 13.2. The molecule has 0 saturated heterocycles. The summed E-state index contributed by atoms with van der Waals surface area (Å²) in [4.78, 5) is 46.2. The van der Waals surface area contributed by atoms with Gasteiger partial charge in [-0.05, 0) is 56.7 Å². The van der Waals surface area contributed by atoms with Gasteiger partial charge in [0.15, 0.2) is 0 Å². The van der Waals surface area contributed by atoms with Gasteiger partial charge in [0.1, 0.15) is 23.6 Å². The fourth-order valence-corrected chi connectivity index (χ4v) is 4.55. The van der Waals surface area contributed by atoms with Crippen molar-refractivity contribution in [1.82, 2.24) is 29.6 Å². The van der Waals surface area contributed by atoms with Crippen molar-refractivity contribution in [2.75, 3.05) is 18.5 Å². The maximum Gasteiger partial charge on any atom is 0.276 e. The lowest BCUT2D eigenvalue weighted by Crippen LogP contribution is -2.30. The van der Waals surface area contributed by atoms with Crippen molar-refractivity contribution in [3.05, 3.63) is 71.3 Å². The highest BCUT2D eigenvalue weighted by Gasteiger charge is 2.29. The summed E-state index contributed by atoms with van der Waals surface area (Å²) in [5.41, 5.74) is 8.67. The zero-order valence-electron chi connectivity index (χ0n) is 21.5. The molecule has 1 aliphatic rings. The fraction of sp³-hybridized carbons (Fsp3) is 0.259. The Hall–Kier alpha value is -5.00. The van der Waals surface area contributed by atoms with Crippen molar-refractivity contribution < 1.29 is 19.1 Å². The number of benzene rings is 1. The van der Waals surface area contributed by atoms with Gasteiger partial charge >= 0.3 is 0 Å². The van der Waals surface area contributed by atoms with E-state index in [9.17, 15) is 14.4 Å². The number of anilines is 1. The van der Waals surface area contributed by atoms with E-state index in [1.807, 2.05) is 24.5 Å². The van der Waals surface area contributed by atoms with Crippen LogP contribution in [0.3, 0.4) is 0 Å². The second-order valence-electron chi connectivity index (χ2n) is 9.09. The molecule has 39 heavy (non-hydrogen) atoms. The number of rotatable bonds is 9. The molecule has 0 aliphatic carbocycles. The van der Waals surface area contributed by atoms with E-state index in [0.29, 0.717) is 53.6 Å². The van der Waals surface area contributed by atoms with Crippen LogP contribution in [0.1, 0.15) is 51.6 Å². The Bertz CT molecular complexity index is 1590. The van der Waals surface area contributed by atoms with E-state index >= 15 is 0 Å². The molecule has 5 rings (SSSR count). The van der Waals surface area contributed by atoms with Crippen LogP contribution < -0.4 is 21.1 Å². The number of carbonyl (C=O) groups is 3. The van der Waals surface area contributed by atoms with Gasteiger partial charge in [0.05, 0.1) is 22.9 Å². The predicted octanol–water partition coefficient (Wildman–Crippen LogP) is 2.46. The number of nitrogens with zero attached hydrogens (tertiary/aromatic N) is 5. The van der Waals surface area contributed by atoms with E-state index in [1.54, 1.807) is 47.3 Å². The van der Waals surface area contributed by atoms with Crippen molar-refractivity contribution in [3.63, 3.8) is 0 Å². The van der Waals surface area contributed by atoms with E-state index in [-0.39, 0.29) is 30.0 Å². The van der Waals surface area contributed by atoms with Gasteiger partial charge < -0.3 is 20.4 Å². The number of ether oxygens (including phenoxy) is 1. The molecule has 1 aliphatic heterocycles. The highest BCUT2D eigenvalue weighted by molar-refractivity contribution is 6.04. The lowest BCUT2D eigenvalue weighted by Gasteiger charge is -2.27. The first-order valence-corrected chi connectivity index (χ1v) is 12.6. The average molecular weight is 529 g/mol. The first-order chi connectivity index (χ1) is 18.8. The average Bonchev–Trinajstić information content (AvgIpc) is 3.50. The SMILES string of the molecule is CCn1nc(C)cc1C(=O)Nc1nc2cc(C(N)=O)cc3c2n1[C@@H](CCNC(=O)/C=C/c1ccccn1)CO3. The number of amides is 3. The molecule has 0 bridgehead atoms. The summed E-state index contributed by atoms with van der Waals surface area (Å²) in [6, 6.07) is 10.1. The lowest BCUT2D eigenvalue weighted by atomic mass is 10.1. The lowest BCUT2D eigenvalue weighted by molar-refractivity contribution is -0.116. The van der Waals surface area contributed by atoms with Gasteiger partial charge in [-0.1, -0.05) is 6.07 Å². The third kappa shape index (κ3) is 5.35. The summed E-state index contributed by atoms with van der Waals surface area (Å²) in [6.07, 6.45) is 5.23. The Morgan fingerprint density at radius 2 is 2.08 bits per heavy atom. The summed E-state index contributed by atoms with van der Waals surface area (Å²) >= 11 is 0. The number of hydrogen-bond donors (Lipinski definition) is 3. The second kappa shape index (κ2) is 10.8. The Labute approximate surface area is 223 Å². The number of nitrogens with one attached hydrogen (secondary N) is 2. The molecular weight excluding hydrogens is 500 g/mol. The number of hydrogen-bond acceptors (Lipinski definition) is 7. The molecule has 1 aromatic carbocycles. The zero-order chi connectivity index (χ0) is 27.5. The van der Waals surface area contributed by atoms with Crippen molar-refractivity contribution in [1.29, 1.82) is 0 Å². The van der Waals surface area contributed by atoms with E-state index < -0.39 is 5.91 Å². The number of aromatic nitrogens is 5. The van der Waals surface area contributed by atoms with Gasteiger partial charge in [0.2, 0.25) is 17.8 Å². The minimum Gasteiger partial charge on any atom is -0.489 e. The third-order valence-corrected chi connectivity index (χ3v) is 6.36. The highest BCUT2D eigenvalue weighted by Crippen LogP contribution is 2.38. The topological polar surface area (TPSA) is 159 Å². The normalized spacial score (nSPS) is 14.4. The molecule has 0 fully saturated rings. The molecule has 4 N–H and O–H groups in total. The summed E-state index contributed by atoms with van der Waals surface area (Å²) < 4.78 is 9.48. The molecule has 4 heterocycles. The van der Waals surface area contributed by atoms with Gasteiger partial charge in [0.25, 0.3) is 5.91 Å². The number of aryl methyl sites for hydroxylation is 2. The molecule has 4 aromatic rings. The summed E-state index contributed by atoms with van der Waals surface area (Å²) in [7, 11) is 0. The first-order valence-electron chi connectivity index (χ1n) is 12.6. The van der Waals surface area contributed by atoms with Gasteiger partial charge in [-0.2, -0.15) is 5.10 Å². The van der Waals surface area contributed by atoms with E-state index in [1.165, 1.54) is 6.08 Å². The fourth-order valence-electron chi connectivity index (χ4n) is 4.55. The number of carbonyl (C=O) groups excluding carboxylic acids is 3. The number of nitrogens with two attached hydrogens (primary N) is 1. The zero-order valence-corrected chi connectivity index (χ0v) is 21.5. The Morgan fingerprint density at radius 1 is 1.23 bits per heavy atom. The Balaban J connectivity index is 1.39. The van der Waals surface area contributed by atoms with Crippen LogP contribution >= 0.6 is 0 Å². The second-order valence-corrected chi connectivity index (χ2v) is 9.09. The van der Waals surface area contributed by atoms with E-state index in [4.69, 9.17) is 10.5 Å². The molecule has 12 nitrogen and oxygen atoms in total. The molecular formula is C27H28N8O4. The van der Waals surface area contributed by atoms with Crippen molar-refractivity contribution in [3.8, 4) is 5.75 Å². The Morgan fingerprint density at radius 3 is 2.82 bits per heavy atom. The third-order valence-electron chi connectivity index (χ3n) is 6.36. The molecule has 0 spiro atoms. The van der Waals surface area contributed by atoms with Crippen molar-refractivity contribution in [2.45, 2.75) is 32.9 Å². The standard InChI is InChI=1S/C27H28N8O4/c1-3-34-21(12-16(2)33-34)26(38)32-27-31-20-13-17(25(28)37)14-22-24(20)35(27)19(15-39-22)9-11-30-23(36)8-7-18-6-4-5-10-29-18/h4-8,10,12-14,19H,3,9,11,15H2,1-2H3,(H2,28,37)(H,30,36)(H,31,32,38)/b8-7+/t19-/m0/s1. The van der Waals surface area contributed by atoms with Crippen LogP contribution in [-0.2, 0) is 11.3 Å². The monoisotopic (exact) mass is 528 g/mol. The molecule has 1 atom stereocenters. The summed E-state index contributed by atoms with van der Waals surface area (Å²) in [5.74, 6) is -0.477. The van der Waals surface area contributed by atoms with Crippen LogP contribution in [0.25, 0.3) is 17.1 Å². The van der Waals surface area contributed by atoms with Crippen LogP contribution in [0.4, 0.5) is 5.95 Å². The minimum absolute atomic E-state index is 0.245. The van der Waals surface area contributed by atoms with Gasteiger partial charge in [-0.25, -0.2) is 4.98 Å². The smallest absolute Gasteiger partial charge is 0.276 e. The molecule has 0 saturated carbocycles. The van der Waals surface area contributed by atoms with Crippen molar-refractivity contribution in [2.24, 2.45) is 5.73 Å². The Kier molecular flexibility index (Phi) is 7.08. The highest BCUT2D eigenvalue weighted by atomic mass is 16.5. The van der Waals surface area contributed by atoms with Gasteiger partial charge in [-0.15, -0.1) is 0 Å². The molecule has 3 amide bonds. The maximum absolute atomic E-state index is 13.2. The minimum atomic E-state index is -0.609. The summed E-state index contributed by atoms with van der Waals surface area (Å²) in [5, 5.41) is 10.1. The molecule has 3 aromatic heterocycles. The number of primary amides is 1. The predicted molar refractivity (Wildman–Crippen MR) is 144 cm³/mol. The molecule has 200 valence electrons. The largest absolute Gasteiger partial charge is 0.489 e. The van der Waals surface area contributed by atoms with Crippen molar-refractivity contribution >= 4 is 40.8 Å². The summed E-state index contributed by atoms with van der Waals surface area (Å²) in [6.45, 7) is 4.85. The molecule has 12 heteroatoms. The van der Waals surface area contributed by atoms with E-state index in [2.05, 4.69) is 25.7 Å². The van der Waals surface area contributed by atoms with E-state index in [0.717, 1.165) is 5.69 Å². The quantitative estimate of drug-likeness (QED) is 0.281. The van der Waals surface area contributed by atoms with Crippen LogP contribution in [0, 0.1) is 6.92 Å².